The van der Waals surface area contributed by atoms with Crippen molar-refractivity contribution >= 4 is 11.6 Å². The van der Waals surface area contributed by atoms with E-state index in [-0.39, 0.29) is 5.02 Å². The molecule has 3 aromatic rings. The van der Waals surface area contributed by atoms with E-state index in [0.717, 1.165) is 11.4 Å². The van der Waals surface area contributed by atoms with Gasteiger partial charge >= 0.3 is 0 Å². The summed E-state index contributed by atoms with van der Waals surface area (Å²) in [6, 6.07) is 15.6. The van der Waals surface area contributed by atoms with E-state index in [2.05, 4.69) is 5.10 Å². The Kier molecular flexibility index (Phi) is 3.73. The highest BCUT2D eigenvalue weighted by atomic mass is 35.5. The molecule has 5 heteroatoms. The summed E-state index contributed by atoms with van der Waals surface area (Å²) in [4.78, 5) is 0. The number of hydrogen-bond donors (Lipinski definition) is 1. The highest BCUT2D eigenvalue weighted by Gasteiger charge is 2.16. The third kappa shape index (κ3) is 2.68. The maximum atomic E-state index is 13.6. The van der Waals surface area contributed by atoms with Crippen LogP contribution in [0.4, 0.5) is 4.39 Å². The van der Waals surface area contributed by atoms with Crippen molar-refractivity contribution in [2.45, 2.75) is 6.04 Å². The highest BCUT2D eigenvalue weighted by molar-refractivity contribution is 6.30. The first-order valence-electron chi connectivity index (χ1n) is 6.46. The Balaban J connectivity index is 2.01. The Morgan fingerprint density at radius 2 is 1.86 bits per heavy atom. The number of rotatable bonds is 3. The molecule has 21 heavy (non-hydrogen) atoms. The lowest BCUT2D eigenvalue weighted by atomic mass is 10.0. The third-order valence-electron chi connectivity index (χ3n) is 3.29. The van der Waals surface area contributed by atoms with E-state index >= 15 is 0 Å². The lowest BCUT2D eigenvalue weighted by Gasteiger charge is -2.15. The normalized spacial score (nSPS) is 12.3. The van der Waals surface area contributed by atoms with Crippen LogP contribution in [0.2, 0.25) is 5.02 Å². The molecule has 0 fully saturated rings. The maximum Gasteiger partial charge on any atom is 0.142 e. The number of aromatic nitrogens is 2. The summed E-state index contributed by atoms with van der Waals surface area (Å²) in [5.74, 6) is -0.476. The largest absolute Gasteiger partial charge is 0.319 e. The molecular formula is C16H13ClFN3. The predicted octanol–water partition coefficient (Wildman–Crippen LogP) is 3.71. The van der Waals surface area contributed by atoms with E-state index in [0.29, 0.717) is 5.56 Å². The van der Waals surface area contributed by atoms with Crippen LogP contribution in [-0.4, -0.2) is 9.78 Å². The zero-order valence-corrected chi connectivity index (χ0v) is 11.8. The van der Waals surface area contributed by atoms with Crippen LogP contribution in [-0.2, 0) is 0 Å². The molecule has 0 spiro atoms. The zero-order valence-electron chi connectivity index (χ0n) is 11.1. The van der Waals surface area contributed by atoms with Crippen molar-refractivity contribution in [3.63, 3.8) is 0 Å². The molecule has 3 nitrogen and oxygen atoms in total. The van der Waals surface area contributed by atoms with Gasteiger partial charge in [-0.05, 0) is 35.9 Å². The Labute approximate surface area is 126 Å². The summed E-state index contributed by atoms with van der Waals surface area (Å²) in [6.07, 6.45) is 1.68. The third-order valence-corrected chi connectivity index (χ3v) is 3.60. The van der Waals surface area contributed by atoms with Crippen molar-refractivity contribution in [3.8, 4) is 5.69 Å². The summed E-state index contributed by atoms with van der Waals surface area (Å²) >= 11 is 5.70. The van der Waals surface area contributed by atoms with Gasteiger partial charge in [-0.2, -0.15) is 5.10 Å². The van der Waals surface area contributed by atoms with Crippen molar-refractivity contribution in [3.05, 3.63) is 82.9 Å². The molecule has 2 N–H and O–H groups in total. The molecule has 1 aromatic heterocycles. The Hall–Kier alpha value is -2.17. The fourth-order valence-corrected chi connectivity index (χ4v) is 2.33. The van der Waals surface area contributed by atoms with E-state index < -0.39 is 11.9 Å². The second kappa shape index (κ2) is 5.68. The maximum absolute atomic E-state index is 13.6. The number of benzene rings is 2. The van der Waals surface area contributed by atoms with E-state index in [1.54, 1.807) is 16.9 Å². The van der Waals surface area contributed by atoms with E-state index in [1.165, 1.54) is 12.1 Å². The molecule has 106 valence electrons. The molecule has 0 saturated heterocycles. The topological polar surface area (TPSA) is 43.8 Å². The first kappa shape index (κ1) is 13.8. The molecule has 0 aliphatic carbocycles. The number of para-hydroxylation sites is 1. The molecule has 1 unspecified atom stereocenters. The average molecular weight is 302 g/mol. The average Bonchev–Trinajstić information content (AvgIpc) is 2.99. The van der Waals surface area contributed by atoms with Gasteiger partial charge in [0.05, 0.1) is 22.4 Å². The summed E-state index contributed by atoms with van der Waals surface area (Å²) in [5, 5.41) is 4.38. The van der Waals surface area contributed by atoms with Gasteiger partial charge in [-0.15, -0.1) is 0 Å². The molecule has 2 aromatic carbocycles. The minimum absolute atomic E-state index is 0.0857. The van der Waals surface area contributed by atoms with Crippen molar-refractivity contribution in [2.75, 3.05) is 0 Å². The van der Waals surface area contributed by atoms with E-state index in [9.17, 15) is 4.39 Å². The number of hydrogen-bond acceptors (Lipinski definition) is 2. The van der Waals surface area contributed by atoms with Crippen LogP contribution in [0.15, 0.2) is 60.8 Å². The second-order valence-electron chi connectivity index (χ2n) is 4.65. The molecule has 0 saturated carbocycles. The number of halogens is 2. The second-order valence-corrected chi connectivity index (χ2v) is 5.06. The molecule has 0 aliphatic heterocycles. The molecule has 1 heterocycles. The monoisotopic (exact) mass is 301 g/mol. The Morgan fingerprint density at radius 1 is 1.10 bits per heavy atom. The fourth-order valence-electron chi connectivity index (χ4n) is 2.21. The zero-order chi connectivity index (χ0) is 14.8. The van der Waals surface area contributed by atoms with Crippen molar-refractivity contribution in [1.29, 1.82) is 0 Å². The van der Waals surface area contributed by atoms with Gasteiger partial charge in [-0.3, -0.25) is 0 Å². The summed E-state index contributed by atoms with van der Waals surface area (Å²) < 4.78 is 15.3. The van der Waals surface area contributed by atoms with Crippen LogP contribution in [0.1, 0.15) is 17.3 Å². The van der Waals surface area contributed by atoms with Gasteiger partial charge < -0.3 is 5.73 Å². The van der Waals surface area contributed by atoms with Gasteiger partial charge in [0.25, 0.3) is 0 Å². The highest BCUT2D eigenvalue weighted by Crippen LogP contribution is 2.25. The standard InChI is InChI=1S/C16H13ClFN3/c17-13-7-6-11(10-14(13)18)16(19)15-8-9-20-21(15)12-4-2-1-3-5-12/h1-10,16H,19H2. The van der Waals surface area contributed by atoms with Gasteiger partial charge in [0.1, 0.15) is 5.82 Å². The smallest absolute Gasteiger partial charge is 0.142 e. The van der Waals surface area contributed by atoms with Gasteiger partial charge in [0.15, 0.2) is 0 Å². The summed E-state index contributed by atoms with van der Waals surface area (Å²) in [5.41, 5.74) is 8.58. The fraction of sp³-hybridized carbons (Fsp3) is 0.0625. The Morgan fingerprint density at radius 3 is 2.57 bits per heavy atom. The molecular weight excluding hydrogens is 289 g/mol. The van der Waals surface area contributed by atoms with E-state index in [1.807, 2.05) is 36.4 Å². The molecule has 0 radical (unpaired) electrons. The first-order chi connectivity index (χ1) is 10.2. The number of nitrogens with two attached hydrogens (primary N) is 1. The summed E-state index contributed by atoms with van der Waals surface area (Å²) in [6.45, 7) is 0. The summed E-state index contributed by atoms with van der Waals surface area (Å²) in [7, 11) is 0. The molecule has 3 rings (SSSR count). The lowest BCUT2D eigenvalue weighted by molar-refractivity contribution is 0.622. The van der Waals surface area contributed by atoms with Gasteiger partial charge in [0, 0.05) is 6.20 Å². The van der Waals surface area contributed by atoms with Crippen molar-refractivity contribution in [1.82, 2.24) is 9.78 Å². The SMILES string of the molecule is NC(c1ccc(Cl)c(F)c1)c1ccnn1-c1ccccc1. The minimum Gasteiger partial charge on any atom is -0.319 e. The van der Waals surface area contributed by atoms with Crippen molar-refractivity contribution in [2.24, 2.45) is 5.73 Å². The molecule has 0 amide bonds. The van der Waals surface area contributed by atoms with Crippen LogP contribution in [0.25, 0.3) is 5.69 Å². The molecule has 1 atom stereocenters. The quantitative estimate of drug-likeness (QED) is 0.801. The van der Waals surface area contributed by atoms with Crippen molar-refractivity contribution < 1.29 is 4.39 Å². The van der Waals surface area contributed by atoms with Gasteiger partial charge in [-0.25, -0.2) is 9.07 Å². The number of nitrogens with zero attached hydrogens (tertiary/aromatic N) is 2. The molecule has 0 aliphatic rings. The van der Waals surface area contributed by atoms with Crippen LogP contribution < -0.4 is 5.73 Å². The first-order valence-corrected chi connectivity index (χ1v) is 6.84. The van der Waals surface area contributed by atoms with Crippen LogP contribution in [0, 0.1) is 5.82 Å². The predicted molar refractivity (Wildman–Crippen MR) is 81.0 cm³/mol. The Bertz CT molecular complexity index is 755. The minimum atomic E-state index is -0.487. The van der Waals surface area contributed by atoms with Crippen LogP contribution in [0.5, 0.6) is 0 Å². The lowest BCUT2D eigenvalue weighted by Crippen LogP contribution is -2.17. The van der Waals surface area contributed by atoms with Crippen LogP contribution in [0.3, 0.4) is 0 Å². The van der Waals surface area contributed by atoms with Gasteiger partial charge in [-0.1, -0.05) is 35.9 Å². The molecule has 0 bridgehead atoms. The van der Waals surface area contributed by atoms with Crippen LogP contribution >= 0.6 is 11.6 Å². The van der Waals surface area contributed by atoms with E-state index in [4.69, 9.17) is 17.3 Å². The van der Waals surface area contributed by atoms with Gasteiger partial charge in [0.2, 0.25) is 0 Å².